The van der Waals surface area contributed by atoms with E-state index in [1.165, 1.54) is 11.8 Å². The Bertz CT molecular complexity index is 1360. The highest BCUT2D eigenvalue weighted by Crippen LogP contribution is 2.32. The van der Waals surface area contributed by atoms with E-state index in [9.17, 15) is 9.59 Å². The Hall–Kier alpha value is -4.12. The van der Waals surface area contributed by atoms with E-state index in [2.05, 4.69) is 25.9 Å². The van der Waals surface area contributed by atoms with E-state index in [-0.39, 0.29) is 24.4 Å². The van der Waals surface area contributed by atoms with Crippen LogP contribution in [0.25, 0.3) is 5.65 Å². The van der Waals surface area contributed by atoms with Crippen LogP contribution in [0.5, 0.6) is 11.5 Å². The van der Waals surface area contributed by atoms with Gasteiger partial charge in [-0.05, 0) is 42.0 Å². The molecule has 2 amide bonds. The van der Waals surface area contributed by atoms with Gasteiger partial charge in [-0.15, -0.1) is 10.2 Å². The summed E-state index contributed by atoms with van der Waals surface area (Å²) in [5.74, 6) is 1.99. The molecule has 5 rings (SSSR count). The van der Waals surface area contributed by atoms with Crippen molar-refractivity contribution in [2.24, 2.45) is 0 Å². The van der Waals surface area contributed by atoms with Gasteiger partial charge in [-0.3, -0.25) is 9.59 Å². The van der Waals surface area contributed by atoms with Crippen LogP contribution >= 0.6 is 11.8 Å². The third-order valence-electron chi connectivity index (χ3n) is 5.25. The van der Waals surface area contributed by atoms with Crippen LogP contribution < -0.4 is 20.1 Å². The van der Waals surface area contributed by atoms with Crippen LogP contribution in [0.3, 0.4) is 0 Å². The topological polar surface area (TPSA) is 120 Å². The minimum absolute atomic E-state index is 0.109. The number of nitrogens with one attached hydrogen (secondary N) is 2. The smallest absolute Gasteiger partial charge is 0.251 e. The molecule has 2 aromatic carbocycles. The van der Waals surface area contributed by atoms with E-state index in [0.29, 0.717) is 53.1 Å². The van der Waals surface area contributed by atoms with Gasteiger partial charge in [-0.25, -0.2) is 0 Å². The van der Waals surface area contributed by atoms with Crippen LogP contribution in [0.2, 0.25) is 0 Å². The zero-order chi connectivity index (χ0) is 24.0. The standard InChI is InChI=1S/C24H22N6O4S/c31-22(26-13-16-6-7-18-19(12-16)34-15-33-18)14-35-23-9-8-20-27-28-21(30(20)29-23)10-11-25-24(32)17-4-2-1-3-5-17/h1-9,12H,10-11,13-15H2,(H,25,32)(H,26,31). The predicted molar refractivity (Wildman–Crippen MR) is 128 cm³/mol. The predicted octanol–water partition coefficient (Wildman–Crippen LogP) is 2.23. The molecule has 0 bridgehead atoms. The van der Waals surface area contributed by atoms with Gasteiger partial charge in [0.2, 0.25) is 12.7 Å². The molecule has 3 heterocycles. The first-order valence-electron chi connectivity index (χ1n) is 11.0. The Labute approximate surface area is 205 Å². The summed E-state index contributed by atoms with van der Waals surface area (Å²) in [6, 6.07) is 18.2. The van der Waals surface area contributed by atoms with Gasteiger partial charge < -0.3 is 20.1 Å². The summed E-state index contributed by atoms with van der Waals surface area (Å²) in [5, 5.41) is 19.3. The van der Waals surface area contributed by atoms with Gasteiger partial charge in [0.25, 0.3) is 5.91 Å². The summed E-state index contributed by atoms with van der Waals surface area (Å²) in [6.07, 6.45) is 0.469. The van der Waals surface area contributed by atoms with Gasteiger partial charge in [0.05, 0.1) is 5.75 Å². The molecule has 0 atom stereocenters. The first-order chi connectivity index (χ1) is 17.2. The number of aromatic nitrogens is 4. The van der Waals surface area contributed by atoms with E-state index in [4.69, 9.17) is 9.47 Å². The molecule has 0 fully saturated rings. The number of thioether (sulfide) groups is 1. The number of carbonyl (C=O) groups is 2. The third kappa shape index (κ3) is 5.52. The van der Waals surface area contributed by atoms with Crippen molar-refractivity contribution >= 4 is 29.2 Å². The largest absolute Gasteiger partial charge is 0.454 e. The minimum Gasteiger partial charge on any atom is -0.454 e. The second-order valence-corrected chi connectivity index (χ2v) is 8.68. The van der Waals surface area contributed by atoms with Crippen molar-refractivity contribution in [1.29, 1.82) is 0 Å². The number of ether oxygens (including phenoxy) is 2. The highest BCUT2D eigenvalue weighted by molar-refractivity contribution is 7.99. The number of carbonyl (C=O) groups excluding carboxylic acids is 2. The van der Waals surface area contributed by atoms with Gasteiger partial charge in [0.15, 0.2) is 23.0 Å². The van der Waals surface area contributed by atoms with Crippen molar-refractivity contribution in [1.82, 2.24) is 30.4 Å². The van der Waals surface area contributed by atoms with Gasteiger partial charge in [0, 0.05) is 25.1 Å². The number of hydrogen-bond donors (Lipinski definition) is 2. The zero-order valence-corrected chi connectivity index (χ0v) is 19.5. The van der Waals surface area contributed by atoms with Gasteiger partial charge in [-0.2, -0.15) is 9.61 Å². The molecular formula is C24H22N6O4S. The Balaban J connectivity index is 1.12. The average Bonchev–Trinajstić information content (AvgIpc) is 3.53. The molecule has 0 saturated carbocycles. The summed E-state index contributed by atoms with van der Waals surface area (Å²) in [5.41, 5.74) is 2.14. The maximum atomic E-state index is 12.3. The van der Waals surface area contributed by atoms with Crippen LogP contribution in [0.4, 0.5) is 0 Å². The quantitative estimate of drug-likeness (QED) is 0.343. The van der Waals surface area contributed by atoms with Crippen LogP contribution in [0, 0.1) is 0 Å². The highest BCUT2D eigenvalue weighted by atomic mass is 32.2. The maximum absolute atomic E-state index is 12.3. The Morgan fingerprint density at radius 2 is 1.83 bits per heavy atom. The Morgan fingerprint density at radius 3 is 2.71 bits per heavy atom. The molecule has 0 aliphatic carbocycles. The van der Waals surface area contributed by atoms with Gasteiger partial charge >= 0.3 is 0 Å². The molecule has 0 saturated heterocycles. The van der Waals surface area contributed by atoms with Crippen molar-refractivity contribution in [3.8, 4) is 11.5 Å². The Morgan fingerprint density at radius 1 is 0.971 bits per heavy atom. The minimum atomic E-state index is -0.143. The molecular weight excluding hydrogens is 468 g/mol. The molecule has 11 heteroatoms. The van der Waals surface area contributed by atoms with E-state index in [1.54, 1.807) is 28.8 Å². The monoisotopic (exact) mass is 490 g/mol. The van der Waals surface area contributed by atoms with E-state index < -0.39 is 0 Å². The Kier molecular flexibility index (Phi) is 6.75. The fraction of sp³-hybridized carbons (Fsp3) is 0.208. The fourth-order valence-electron chi connectivity index (χ4n) is 3.47. The average molecular weight is 491 g/mol. The van der Waals surface area contributed by atoms with Crippen molar-refractivity contribution in [2.45, 2.75) is 18.0 Å². The molecule has 1 aliphatic rings. The second-order valence-electron chi connectivity index (χ2n) is 7.68. The maximum Gasteiger partial charge on any atom is 0.251 e. The van der Waals surface area contributed by atoms with Gasteiger partial charge in [0.1, 0.15) is 5.03 Å². The second kappa shape index (κ2) is 10.4. The molecule has 178 valence electrons. The zero-order valence-electron chi connectivity index (χ0n) is 18.6. The number of fused-ring (bicyclic) bond motifs is 2. The number of hydrogen-bond acceptors (Lipinski definition) is 8. The molecule has 0 spiro atoms. The molecule has 2 N–H and O–H groups in total. The summed E-state index contributed by atoms with van der Waals surface area (Å²) < 4.78 is 12.3. The molecule has 10 nitrogen and oxygen atoms in total. The molecule has 0 radical (unpaired) electrons. The third-order valence-corrected chi connectivity index (χ3v) is 6.17. The molecule has 35 heavy (non-hydrogen) atoms. The lowest BCUT2D eigenvalue weighted by molar-refractivity contribution is -0.118. The van der Waals surface area contributed by atoms with Crippen LogP contribution in [0.15, 0.2) is 65.7 Å². The summed E-state index contributed by atoms with van der Waals surface area (Å²) >= 11 is 1.32. The normalized spacial score (nSPS) is 12.0. The van der Waals surface area contributed by atoms with E-state index in [1.807, 2.05) is 36.4 Å². The van der Waals surface area contributed by atoms with Crippen LogP contribution in [0.1, 0.15) is 21.7 Å². The number of amides is 2. The molecule has 1 aliphatic heterocycles. The van der Waals surface area contributed by atoms with Crippen molar-refractivity contribution < 1.29 is 19.1 Å². The van der Waals surface area contributed by atoms with Crippen molar-refractivity contribution in [2.75, 3.05) is 19.1 Å². The highest BCUT2D eigenvalue weighted by Gasteiger charge is 2.14. The summed E-state index contributed by atoms with van der Waals surface area (Å²) in [4.78, 5) is 24.5. The summed E-state index contributed by atoms with van der Waals surface area (Å²) in [6.45, 7) is 1.01. The molecule has 2 aromatic heterocycles. The number of nitrogens with zero attached hydrogens (tertiary/aromatic N) is 4. The van der Waals surface area contributed by atoms with Crippen LogP contribution in [-0.4, -0.2) is 50.7 Å². The molecule has 0 unspecified atom stereocenters. The lowest BCUT2D eigenvalue weighted by Crippen LogP contribution is -2.26. The fourth-order valence-corrected chi connectivity index (χ4v) is 4.16. The lowest BCUT2D eigenvalue weighted by Gasteiger charge is -2.07. The van der Waals surface area contributed by atoms with Gasteiger partial charge in [-0.1, -0.05) is 36.0 Å². The first-order valence-corrected chi connectivity index (χ1v) is 12.0. The first kappa shape index (κ1) is 22.7. The van der Waals surface area contributed by atoms with Crippen molar-refractivity contribution in [3.63, 3.8) is 0 Å². The number of benzene rings is 2. The van der Waals surface area contributed by atoms with E-state index >= 15 is 0 Å². The number of rotatable bonds is 9. The summed E-state index contributed by atoms with van der Waals surface area (Å²) in [7, 11) is 0. The van der Waals surface area contributed by atoms with E-state index in [0.717, 1.165) is 5.56 Å². The van der Waals surface area contributed by atoms with Crippen LogP contribution in [-0.2, 0) is 17.8 Å². The van der Waals surface area contributed by atoms with Crippen molar-refractivity contribution in [3.05, 3.63) is 77.6 Å². The SMILES string of the molecule is O=C(CSc1ccc2nnc(CCNC(=O)c3ccccc3)n2n1)NCc1ccc2c(c1)OCO2. The molecule has 4 aromatic rings. The lowest BCUT2D eigenvalue weighted by atomic mass is 10.2.